The van der Waals surface area contributed by atoms with Crippen molar-refractivity contribution < 1.29 is 4.79 Å². The van der Waals surface area contributed by atoms with Crippen molar-refractivity contribution in [1.29, 1.82) is 0 Å². The van der Waals surface area contributed by atoms with Crippen LogP contribution in [0.2, 0.25) is 0 Å². The zero-order valence-electron chi connectivity index (χ0n) is 12.3. The molecular formula is C17H17N3O2. The Balaban J connectivity index is 2.01. The second kappa shape index (κ2) is 5.09. The molecule has 0 fully saturated rings. The van der Waals surface area contributed by atoms with Gasteiger partial charge >= 0.3 is 0 Å². The van der Waals surface area contributed by atoms with Gasteiger partial charge in [-0.3, -0.25) is 4.79 Å². The Bertz CT molecular complexity index is 883. The van der Waals surface area contributed by atoms with E-state index in [0.29, 0.717) is 13.0 Å². The highest BCUT2D eigenvalue weighted by molar-refractivity contribution is 5.96. The molecule has 22 heavy (non-hydrogen) atoms. The number of hydrogen-bond donors (Lipinski definition) is 1. The van der Waals surface area contributed by atoms with Gasteiger partial charge in [0.25, 0.3) is 5.56 Å². The second-order valence-electron chi connectivity index (χ2n) is 5.85. The summed E-state index contributed by atoms with van der Waals surface area (Å²) in [4.78, 5) is 26.1. The van der Waals surface area contributed by atoms with Crippen LogP contribution in [-0.2, 0) is 24.2 Å². The van der Waals surface area contributed by atoms with E-state index in [-0.39, 0.29) is 5.56 Å². The third-order valence-corrected chi connectivity index (χ3v) is 4.51. The van der Waals surface area contributed by atoms with E-state index in [0.717, 1.165) is 65.4 Å². The molecule has 2 heterocycles. The highest BCUT2D eigenvalue weighted by Gasteiger charge is 2.23. The summed E-state index contributed by atoms with van der Waals surface area (Å²) in [5.41, 5.74) is 4.84. The number of aldehydes is 1. The minimum Gasteiger partial charge on any atom is -0.307 e. The molecule has 2 aliphatic rings. The van der Waals surface area contributed by atoms with Crippen LogP contribution in [0.15, 0.2) is 23.0 Å². The maximum atomic E-state index is 12.4. The molecule has 0 spiro atoms. The monoisotopic (exact) mass is 295 g/mol. The third-order valence-electron chi connectivity index (χ3n) is 4.51. The Kier molecular flexibility index (Phi) is 3.06. The Labute approximate surface area is 127 Å². The molecular weight excluding hydrogens is 278 g/mol. The number of aromatic amines is 1. The average molecular weight is 295 g/mol. The highest BCUT2D eigenvalue weighted by atomic mass is 16.1. The van der Waals surface area contributed by atoms with Crippen LogP contribution < -0.4 is 5.56 Å². The molecule has 5 heteroatoms. The summed E-state index contributed by atoms with van der Waals surface area (Å²) in [5.74, 6) is 0. The van der Waals surface area contributed by atoms with Crippen LogP contribution in [0.25, 0.3) is 16.6 Å². The maximum absolute atomic E-state index is 12.4. The van der Waals surface area contributed by atoms with Crippen molar-refractivity contribution in [2.24, 2.45) is 0 Å². The first-order chi connectivity index (χ1) is 10.8. The number of aromatic nitrogens is 3. The summed E-state index contributed by atoms with van der Waals surface area (Å²) in [5, 5.41) is 5.73. The van der Waals surface area contributed by atoms with Gasteiger partial charge in [-0.15, -0.1) is 0 Å². The predicted molar refractivity (Wildman–Crippen MR) is 84.8 cm³/mol. The van der Waals surface area contributed by atoms with Crippen molar-refractivity contribution in [2.75, 3.05) is 0 Å². The number of H-pyrrole nitrogens is 1. The number of allylic oxidation sites excluding steroid dienone is 4. The first-order valence-corrected chi connectivity index (χ1v) is 7.76. The number of nitrogens with zero attached hydrogens (tertiary/aromatic N) is 2. The topological polar surface area (TPSA) is 67.8 Å². The Morgan fingerprint density at radius 2 is 2.05 bits per heavy atom. The van der Waals surface area contributed by atoms with Crippen LogP contribution >= 0.6 is 0 Å². The molecule has 112 valence electrons. The average Bonchev–Trinajstić information content (AvgIpc) is 2.82. The van der Waals surface area contributed by atoms with Gasteiger partial charge in [0.2, 0.25) is 0 Å². The van der Waals surface area contributed by atoms with E-state index in [1.807, 2.05) is 18.2 Å². The van der Waals surface area contributed by atoms with E-state index >= 15 is 0 Å². The molecule has 2 aliphatic carbocycles. The lowest BCUT2D eigenvalue weighted by molar-refractivity contribution is -0.108. The molecule has 4 rings (SSSR count). The normalized spacial score (nSPS) is 16.3. The van der Waals surface area contributed by atoms with Crippen LogP contribution in [0.1, 0.15) is 36.1 Å². The van der Waals surface area contributed by atoms with Crippen molar-refractivity contribution in [3.63, 3.8) is 0 Å². The standard InChI is InChI=1S/C17H17N3O2/c21-10-4-9-20-16-14(15(19-20)11-5-3-6-11)12-7-1-2-8-13(12)17(22)18-16/h3,5-6,10H,1-2,4,7-9H2,(H,18,22). The fraction of sp³-hybridized carbons (Fsp3) is 0.353. The van der Waals surface area contributed by atoms with E-state index in [1.54, 1.807) is 4.68 Å². The largest absolute Gasteiger partial charge is 0.307 e. The smallest absolute Gasteiger partial charge is 0.253 e. The Morgan fingerprint density at radius 3 is 2.73 bits per heavy atom. The molecule has 0 radical (unpaired) electrons. The number of pyridine rings is 1. The van der Waals surface area contributed by atoms with Gasteiger partial charge in [-0.2, -0.15) is 5.10 Å². The van der Waals surface area contributed by atoms with Crippen molar-refractivity contribution in [3.05, 3.63) is 45.4 Å². The molecule has 1 N–H and O–H groups in total. The summed E-state index contributed by atoms with van der Waals surface area (Å²) in [6, 6.07) is 0. The summed E-state index contributed by atoms with van der Waals surface area (Å²) >= 11 is 0. The summed E-state index contributed by atoms with van der Waals surface area (Å²) in [6.45, 7) is 0.492. The van der Waals surface area contributed by atoms with Gasteiger partial charge in [0.05, 0.1) is 0 Å². The fourth-order valence-electron chi connectivity index (χ4n) is 3.38. The molecule has 0 aliphatic heterocycles. The molecule has 2 aromatic heterocycles. The molecule has 0 amide bonds. The summed E-state index contributed by atoms with van der Waals surface area (Å²) in [6.07, 6.45) is 11.3. The van der Waals surface area contributed by atoms with Crippen molar-refractivity contribution in [2.45, 2.75) is 38.6 Å². The number of fused-ring (bicyclic) bond motifs is 3. The van der Waals surface area contributed by atoms with Crippen LogP contribution in [0.5, 0.6) is 0 Å². The van der Waals surface area contributed by atoms with Gasteiger partial charge in [-0.05, 0) is 31.2 Å². The molecule has 0 saturated heterocycles. The third kappa shape index (κ3) is 1.89. The van der Waals surface area contributed by atoms with Crippen molar-refractivity contribution >= 4 is 22.9 Å². The predicted octanol–water partition coefficient (Wildman–Crippen LogP) is 2.15. The quantitative estimate of drug-likeness (QED) is 0.879. The van der Waals surface area contributed by atoms with Crippen LogP contribution in [0.3, 0.4) is 0 Å². The summed E-state index contributed by atoms with van der Waals surface area (Å²) < 4.78 is 1.77. The molecule has 0 saturated carbocycles. The minimum absolute atomic E-state index is 0.000802. The van der Waals surface area contributed by atoms with E-state index in [9.17, 15) is 9.59 Å². The first-order valence-electron chi connectivity index (χ1n) is 7.76. The van der Waals surface area contributed by atoms with Crippen LogP contribution in [0, 0.1) is 0 Å². The van der Waals surface area contributed by atoms with Gasteiger partial charge in [0.1, 0.15) is 17.6 Å². The number of aryl methyl sites for hydroxylation is 2. The molecule has 2 aromatic rings. The number of hydrogen-bond acceptors (Lipinski definition) is 3. The van der Waals surface area contributed by atoms with E-state index in [2.05, 4.69) is 10.1 Å². The van der Waals surface area contributed by atoms with Gasteiger partial charge in [0.15, 0.2) is 0 Å². The van der Waals surface area contributed by atoms with Gasteiger partial charge in [0, 0.05) is 29.5 Å². The zero-order valence-corrected chi connectivity index (χ0v) is 12.3. The molecule has 0 bridgehead atoms. The van der Waals surface area contributed by atoms with E-state index in [4.69, 9.17) is 0 Å². The van der Waals surface area contributed by atoms with Gasteiger partial charge in [-0.25, -0.2) is 4.68 Å². The van der Waals surface area contributed by atoms with Crippen LogP contribution in [0.4, 0.5) is 0 Å². The van der Waals surface area contributed by atoms with Crippen molar-refractivity contribution in [1.82, 2.24) is 14.8 Å². The first kappa shape index (κ1) is 13.2. The fourth-order valence-corrected chi connectivity index (χ4v) is 3.38. The Morgan fingerprint density at radius 1 is 1.27 bits per heavy atom. The van der Waals surface area contributed by atoms with Crippen LogP contribution in [-0.4, -0.2) is 21.1 Å². The minimum atomic E-state index is -0.000802. The lowest BCUT2D eigenvalue weighted by Gasteiger charge is -2.16. The van der Waals surface area contributed by atoms with Gasteiger partial charge < -0.3 is 9.78 Å². The number of carbonyl (C=O) groups excluding carboxylic acids is 1. The molecule has 0 aromatic carbocycles. The van der Waals surface area contributed by atoms with E-state index < -0.39 is 0 Å². The SMILES string of the molecule is O=CCCn1nc(C2=CC=C2)c2c3c(c(=O)[nH]c21)CCCC3. The highest BCUT2D eigenvalue weighted by Crippen LogP contribution is 2.33. The maximum Gasteiger partial charge on any atom is 0.253 e. The lowest BCUT2D eigenvalue weighted by atomic mass is 9.89. The molecule has 0 atom stereocenters. The summed E-state index contributed by atoms with van der Waals surface area (Å²) in [7, 11) is 0. The zero-order chi connectivity index (χ0) is 15.1. The number of carbonyl (C=O) groups is 1. The second-order valence-corrected chi connectivity index (χ2v) is 5.85. The Hall–Kier alpha value is -2.43. The lowest BCUT2D eigenvalue weighted by Crippen LogP contribution is -2.20. The van der Waals surface area contributed by atoms with Crippen molar-refractivity contribution in [3.8, 4) is 0 Å². The molecule has 0 unspecified atom stereocenters. The molecule has 5 nitrogen and oxygen atoms in total. The van der Waals surface area contributed by atoms with Gasteiger partial charge in [-0.1, -0.05) is 18.2 Å². The number of rotatable bonds is 4. The number of nitrogens with one attached hydrogen (secondary N) is 1. The van der Waals surface area contributed by atoms with E-state index in [1.165, 1.54) is 0 Å².